The first-order valence-electron chi connectivity index (χ1n) is 4.95. The van der Waals surface area contributed by atoms with E-state index in [1.54, 1.807) is 0 Å². The summed E-state index contributed by atoms with van der Waals surface area (Å²) in [5.41, 5.74) is 0. The second-order valence-corrected chi connectivity index (χ2v) is 12.0. The molecule has 0 amide bonds. The number of hydrogen-bond acceptors (Lipinski definition) is 0. The molecule has 0 aliphatic heterocycles. The van der Waals surface area contributed by atoms with Crippen LogP contribution in [0.15, 0.2) is 0 Å². The molecule has 0 spiro atoms. The normalized spacial score (nSPS) is 13.3. The maximum Gasteiger partial charge on any atom is 1.00 e. The SMILES string of the molecule is C[Si]([N-][Si](C)C(C)(C)C)C(C)(C)C.[K+]. The monoisotopic (exact) mass is 253 g/mol. The topological polar surface area (TPSA) is 14.1 Å². The standard InChI is InChI=1S/C10H24NSi2.K/c1-9(2,3)12(7)11-13(8)10(4,5)6;/h1-8H3;/q-1;+1. The molecule has 0 atom stereocenters. The zero-order valence-electron chi connectivity index (χ0n) is 11.4. The maximum atomic E-state index is 5.02. The van der Waals surface area contributed by atoms with Crippen LogP contribution in [0.4, 0.5) is 0 Å². The Morgan fingerprint density at radius 2 is 0.929 bits per heavy atom. The molecular weight excluding hydrogens is 229 g/mol. The third-order valence-electron chi connectivity index (χ3n) is 2.51. The minimum atomic E-state index is -0.516. The van der Waals surface area contributed by atoms with E-state index in [2.05, 4.69) is 54.6 Å². The molecular formula is C10H24KNSi2. The number of nitrogens with zero attached hydrogens (tertiary/aromatic N) is 1. The van der Waals surface area contributed by atoms with Gasteiger partial charge in [0.15, 0.2) is 0 Å². The van der Waals surface area contributed by atoms with Crippen molar-refractivity contribution in [3.63, 3.8) is 0 Å². The van der Waals surface area contributed by atoms with Crippen LogP contribution in [-0.2, 0) is 0 Å². The predicted molar refractivity (Wildman–Crippen MR) is 66.0 cm³/mol. The molecule has 0 aromatic carbocycles. The van der Waals surface area contributed by atoms with Gasteiger partial charge < -0.3 is 4.65 Å². The van der Waals surface area contributed by atoms with Gasteiger partial charge in [-0.2, -0.15) is 0 Å². The maximum absolute atomic E-state index is 5.02. The molecule has 0 rings (SSSR count). The first-order chi connectivity index (χ1) is 5.55. The molecule has 1 nitrogen and oxygen atoms in total. The minimum absolute atomic E-state index is 0. The van der Waals surface area contributed by atoms with Crippen LogP contribution in [0.1, 0.15) is 41.5 Å². The Labute approximate surface area is 137 Å². The van der Waals surface area contributed by atoms with Crippen LogP contribution in [0.5, 0.6) is 0 Å². The third kappa shape index (κ3) is 7.33. The fraction of sp³-hybridized carbons (Fsp3) is 1.00. The second kappa shape index (κ2) is 6.69. The van der Waals surface area contributed by atoms with Crippen LogP contribution in [0.25, 0.3) is 4.65 Å². The fourth-order valence-electron chi connectivity index (χ4n) is 0.587. The molecule has 0 saturated heterocycles. The first-order valence-corrected chi connectivity index (χ1v) is 8.84. The van der Waals surface area contributed by atoms with Gasteiger partial charge in [-0.05, 0) is 0 Å². The Bertz CT molecular complexity index is 142. The average Bonchev–Trinajstić information content (AvgIpc) is 1.82. The molecule has 0 saturated carbocycles. The number of rotatable bonds is 2. The Balaban J connectivity index is 0. The molecule has 2 radical (unpaired) electrons. The Morgan fingerprint density at radius 1 is 0.714 bits per heavy atom. The van der Waals surface area contributed by atoms with E-state index in [-0.39, 0.29) is 51.4 Å². The van der Waals surface area contributed by atoms with Crippen LogP contribution in [-0.4, -0.2) is 17.9 Å². The molecule has 0 N–H and O–H groups in total. The summed E-state index contributed by atoms with van der Waals surface area (Å²) in [7, 11) is -1.03. The summed E-state index contributed by atoms with van der Waals surface area (Å²) in [5, 5.41) is 0.837. The molecule has 0 aliphatic rings. The Hall–Kier alpha value is 2.03. The van der Waals surface area contributed by atoms with E-state index < -0.39 is 17.9 Å². The summed E-state index contributed by atoms with van der Waals surface area (Å²) in [5.74, 6) is 0. The predicted octanol–water partition coefficient (Wildman–Crippen LogP) is 1.21. The first kappa shape index (κ1) is 18.4. The van der Waals surface area contributed by atoms with E-state index >= 15 is 0 Å². The average molecular weight is 254 g/mol. The van der Waals surface area contributed by atoms with Gasteiger partial charge in [0.25, 0.3) is 0 Å². The van der Waals surface area contributed by atoms with Gasteiger partial charge in [-0.25, -0.2) is 0 Å². The molecule has 14 heavy (non-hydrogen) atoms. The van der Waals surface area contributed by atoms with E-state index in [1.807, 2.05) is 0 Å². The molecule has 0 fully saturated rings. The molecule has 0 aliphatic carbocycles. The quantitative estimate of drug-likeness (QED) is 0.657. The zero-order chi connectivity index (χ0) is 10.9. The van der Waals surface area contributed by atoms with Crippen molar-refractivity contribution in [2.45, 2.75) is 64.7 Å². The Morgan fingerprint density at radius 3 is 1.07 bits per heavy atom. The smallest absolute Gasteiger partial charge is 0.671 e. The van der Waals surface area contributed by atoms with Gasteiger partial charge in [-0.3, -0.25) is 0 Å². The second-order valence-electron chi connectivity index (χ2n) is 5.78. The zero-order valence-corrected chi connectivity index (χ0v) is 16.6. The molecule has 0 bridgehead atoms. The molecule has 0 heterocycles. The van der Waals surface area contributed by atoms with E-state index in [9.17, 15) is 0 Å². The van der Waals surface area contributed by atoms with Gasteiger partial charge in [-0.1, -0.05) is 82.6 Å². The van der Waals surface area contributed by atoms with Crippen molar-refractivity contribution < 1.29 is 51.4 Å². The molecule has 0 aromatic heterocycles. The molecule has 0 unspecified atom stereocenters. The summed E-state index contributed by atoms with van der Waals surface area (Å²) in [6.07, 6.45) is 0. The van der Waals surface area contributed by atoms with Crippen LogP contribution < -0.4 is 51.4 Å². The van der Waals surface area contributed by atoms with Crippen LogP contribution >= 0.6 is 0 Å². The van der Waals surface area contributed by atoms with Crippen molar-refractivity contribution in [1.82, 2.24) is 0 Å². The molecule has 78 valence electrons. The van der Waals surface area contributed by atoms with Gasteiger partial charge in [0.1, 0.15) is 0 Å². The van der Waals surface area contributed by atoms with Crippen molar-refractivity contribution in [2.75, 3.05) is 0 Å². The van der Waals surface area contributed by atoms with Crippen LogP contribution in [0.3, 0.4) is 0 Å². The molecule has 0 aromatic rings. The van der Waals surface area contributed by atoms with Gasteiger partial charge in [0, 0.05) is 0 Å². The number of hydrogen-bond donors (Lipinski definition) is 0. The Kier molecular flexibility index (Phi) is 8.79. The van der Waals surface area contributed by atoms with Crippen LogP contribution in [0, 0.1) is 0 Å². The summed E-state index contributed by atoms with van der Waals surface area (Å²) < 4.78 is 5.02. The van der Waals surface area contributed by atoms with Gasteiger partial charge >= 0.3 is 51.4 Å². The van der Waals surface area contributed by atoms with E-state index in [1.165, 1.54) is 0 Å². The van der Waals surface area contributed by atoms with Gasteiger partial charge in [-0.15, -0.1) is 0 Å². The summed E-state index contributed by atoms with van der Waals surface area (Å²) in [6, 6.07) is 0. The fourth-order valence-corrected chi connectivity index (χ4v) is 5.28. The van der Waals surface area contributed by atoms with Crippen molar-refractivity contribution in [3.8, 4) is 0 Å². The van der Waals surface area contributed by atoms with E-state index in [0.717, 1.165) is 0 Å². The van der Waals surface area contributed by atoms with Crippen molar-refractivity contribution in [3.05, 3.63) is 4.65 Å². The van der Waals surface area contributed by atoms with E-state index in [0.29, 0.717) is 10.1 Å². The summed E-state index contributed by atoms with van der Waals surface area (Å²) in [6.45, 7) is 18.5. The van der Waals surface area contributed by atoms with E-state index in [4.69, 9.17) is 4.65 Å². The van der Waals surface area contributed by atoms with Crippen LogP contribution in [0.2, 0.25) is 23.2 Å². The summed E-state index contributed by atoms with van der Waals surface area (Å²) >= 11 is 0. The van der Waals surface area contributed by atoms with Crippen molar-refractivity contribution in [2.24, 2.45) is 0 Å². The largest absolute Gasteiger partial charge is 1.00 e. The minimum Gasteiger partial charge on any atom is -0.671 e. The van der Waals surface area contributed by atoms with Gasteiger partial charge in [0.05, 0.1) is 0 Å². The molecule has 4 heteroatoms. The van der Waals surface area contributed by atoms with Crippen molar-refractivity contribution >= 4 is 17.9 Å². The third-order valence-corrected chi connectivity index (χ3v) is 9.53. The van der Waals surface area contributed by atoms with Crippen molar-refractivity contribution in [1.29, 1.82) is 0 Å². The summed E-state index contributed by atoms with van der Waals surface area (Å²) in [4.78, 5) is 0. The van der Waals surface area contributed by atoms with Gasteiger partial charge in [0.2, 0.25) is 0 Å².